The molecule has 10 nitrogen and oxygen atoms in total. The average molecular weight is 448 g/mol. The van der Waals surface area contributed by atoms with Gasteiger partial charge in [0.15, 0.2) is 6.61 Å². The van der Waals surface area contributed by atoms with Gasteiger partial charge in [-0.3, -0.25) is 40.1 Å². The molecule has 0 heterocycles. The van der Waals surface area contributed by atoms with Crippen LogP contribution in [0.5, 0.6) is 0 Å². The van der Waals surface area contributed by atoms with Crippen molar-refractivity contribution in [2.24, 2.45) is 0 Å². The number of hydrogen-bond donors (Lipinski definition) is 2. The molecule has 2 rings (SSSR count). The first kappa shape index (κ1) is 23.5. The van der Waals surface area contributed by atoms with E-state index in [1.807, 2.05) is 0 Å². The minimum Gasteiger partial charge on any atom is -0.457 e. The number of esters is 1. The van der Waals surface area contributed by atoms with Crippen molar-refractivity contribution in [3.05, 3.63) is 74.3 Å². The number of nitrogens with one attached hydrogen (secondary N) is 2. The number of hydrogen-bond acceptors (Lipinski definition) is 7. The Morgan fingerprint density at radius 1 is 1.06 bits per heavy atom. The molecular weight excluding hydrogens is 430 g/mol. The SMILES string of the molecule is Cc1ccc(C(=O)COC(=O)CCC(=O)NNC(=O)c2ccccc2Cl)cc1[N+](=O)[O-]. The molecule has 0 saturated heterocycles. The molecule has 0 saturated carbocycles. The first-order valence-electron chi connectivity index (χ1n) is 8.96. The number of nitrogens with zero attached hydrogens (tertiary/aromatic N) is 1. The predicted molar refractivity (Wildman–Crippen MR) is 109 cm³/mol. The van der Waals surface area contributed by atoms with Gasteiger partial charge in [0.05, 0.1) is 21.9 Å². The molecule has 0 spiro atoms. The third-order valence-electron chi connectivity index (χ3n) is 4.08. The van der Waals surface area contributed by atoms with Crippen molar-refractivity contribution in [1.82, 2.24) is 10.9 Å². The van der Waals surface area contributed by atoms with Gasteiger partial charge in [-0.25, -0.2) is 0 Å². The lowest BCUT2D eigenvalue weighted by molar-refractivity contribution is -0.385. The number of Topliss-reactive ketones (excluding diaryl/α,β-unsaturated/α-hetero) is 1. The van der Waals surface area contributed by atoms with Gasteiger partial charge in [-0.05, 0) is 19.1 Å². The third-order valence-corrected chi connectivity index (χ3v) is 4.41. The van der Waals surface area contributed by atoms with E-state index in [0.29, 0.717) is 5.56 Å². The monoisotopic (exact) mass is 447 g/mol. The standard InChI is InChI=1S/C20H18ClN3O7/c1-12-6-7-13(10-16(12)24(29)30)17(25)11-31-19(27)9-8-18(26)22-23-20(28)14-4-2-3-5-15(14)21/h2-7,10H,8-9,11H2,1H3,(H,22,26)(H,23,28). The molecule has 0 aliphatic heterocycles. The Morgan fingerprint density at radius 2 is 1.77 bits per heavy atom. The Morgan fingerprint density at radius 3 is 2.45 bits per heavy atom. The average Bonchev–Trinajstić information content (AvgIpc) is 2.74. The van der Waals surface area contributed by atoms with Crippen LogP contribution in [0.1, 0.15) is 39.1 Å². The van der Waals surface area contributed by atoms with E-state index < -0.39 is 35.1 Å². The van der Waals surface area contributed by atoms with Crippen molar-refractivity contribution >= 4 is 40.9 Å². The summed E-state index contributed by atoms with van der Waals surface area (Å²) < 4.78 is 4.81. The second-order valence-electron chi connectivity index (χ2n) is 6.32. The summed E-state index contributed by atoms with van der Waals surface area (Å²) in [5, 5.41) is 11.2. The summed E-state index contributed by atoms with van der Waals surface area (Å²) in [5.41, 5.74) is 4.69. The molecule has 0 fully saturated rings. The highest BCUT2D eigenvalue weighted by atomic mass is 35.5. The van der Waals surface area contributed by atoms with E-state index in [2.05, 4.69) is 10.9 Å². The molecule has 162 valence electrons. The largest absolute Gasteiger partial charge is 0.457 e. The third kappa shape index (κ3) is 6.89. The van der Waals surface area contributed by atoms with Gasteiger partial charge in [-0.2, -0.15) is 0 Å². The summed E-state index contributed by atoms with van der Waals surface area (Å²) in [6, 6.07) is 10.2. The number of ketones is 1. The zero-order valence-corrected chi connectivity index (χ0v) is 17.1. The van der Waals surface area contributed by atoms with Crippen molar-refractivity contribution in [2.45, 2.75) is 19.8 Å². The molecule has 2 aromatic carbocycles. The van der Waals surface area contributed by atoms with Crippen molar-refractivity contribution in [3.63, 3.8) is 0 Å². The maximum absolute atomic E-state index is 12.1. The summed E-state index contributed by atoms with van der Waals surface area (Å²) >= 11 is 5.88. The number of hydrazine groups is 1. The van der Waals surface area contributed by atoms with Crippen molar-refractivity contribution in [3.8, 4) is 0 Å². The van der Waals surface area contributed by atoms with Crippen LogP contribution < -0.4 is 10.9 Å². The second-order valence-corrected chi connectivity index (χ2v) is 6.73. The number of aryl methyl sites for hydroxylation is 1. The molecular formula is C20H18ClN3O7. The quantitative estimate of drug-likeness (QED) is 0.273. The predicted octanol–water partition coefficient (Wildman–Crippen LogP) is 2.52. The molecule has 31 heavy (non-hydrogen) atoms. The van der Waals surface area contributed by atoms with E-state index in [9.17, 15) is 29.3 Å². The second kappa shape index (κ2) is 10.8. The van der Waals surface area contributed by atoms with Gasteiger partial charge in [0, 0.05) is 23.6 Å². The Bertz CT molecular complexity index is 1040. The van der Waals surface area contributed by atoms with Gasteiger partial charge >= 0.3 is 5.97 Å². The number of ether oxygens (including phenoxy) is 1. The maximum Gasteiger partial charge on any atom is 0.306 e. The minimum atomic E-state index is -0.817. The number of rotatable bonds is 8. The Labute approximate surface area is 181 Å². The van der Waals surface area contributed by atoms with E-state index in [1.54, 1.807) is 12.1 Å². The Hall–Kier alpha value is -3.79. The summed E-state index contributed by atoms with van der Waals surface area (Å²) in [6.07, 6.45) is -0.638. The first-order chi connectivity index (χ1) is 14.7. The first-order valence-corrected chi connectivity index (χ1v) is 9.34. The molecule has 2 amide bonds. The van der Waals surface area contributed by atoms with Gasteiger partial charge in [-0.15, -0.1) is 0 Å². The smallest absolute Gasteiger partial charge is 0.306 e. The number of benzene rings is 2. The Balaban J connectivity index is 1.75. The minimum absolute atomic E-state index is 0.0325. The lowest BCUT2D eigenvalue weighted by Gasteiger charge is -2.08. The van der Waals surface area contributed by atoms with E-state index in [0.717, 1.165) is 6.07 Å². The molecule has 0 unspecified atom stereocenters. The molecule has 0 aliphatic carbocycles. The fourth-order valence-electron chi connectivity index (χ4n) is 2.40. The Kier molecular flexibility index (Phi) is 8.21. The van der Waals surface area contributed by atoms with Crippen LogP contribution in [0, 0.1) is 17.0 Å². The molecule has 0 aromatic heterocycles. The van der Waals surface area contributed by atoms with Gasteiger partial charge in [-0.1, -0.05) is 35.9 Å². The molecule has 2 aromatic rings. The zero-order chi connectivity index (χ0) is 23.0. The number of nitro benzene ring substituents is 1. The van der Waals surface area contributed by atoms with Crippen LogP contribution in [0.4, 0.5) is 5.69 Å². The van der Waals surface area contributed by atoms with E-state index in [-0.39, 0.29) is 34.7 Å². The van der Waals surface area contributed by atoms with Crippen LogP contribution in [0.2, 0.25) is 5.02 Å². The number of amides is 2. The molecule has 11 heteroatoms. The highest BCUT2D eigenvalue weighted by Crippen LogP contribution is 2.19. The number of carbonyl (C=O) groups is 4. The summed E-state index contributed by atoms with van der Waals surface area (Å²) in [7, 11) is 0. The van der Waals surface area contributed by atoms with E-state index in [4.69, 9.17) is 16.3 Å². The summed E-state index contributed by atoms with van der Waals surface area (Å²) in [6.45, 7) is 0.915. The fraction of sp³-hybridized carbons (Fsp3) is 0.200. The molecule has 0 atom stereocenters. The number of nitro groups is 1. The zero-order valence-electron chi connectivity index (χ0n) is 16.3. The number of carbonyl (C=O) groups excluding carboxylic acids is 4. The summed E-state index contributed by atoms with van der Waals surface area (Å²) in [5.74, 6) is -2.72. The number of halogens is 1. The van der Waals surface area contributed by atoms with Crippen LogP contribution in [-0.2, 0) is 14.3 Å². The highest BCUT2D eigenvalue weighted by Gasteiger charge is 2.17. The van der Waals surface area contributed by atoms with Gasteiger partial charge in [0.25, 0.3) is 11.6 Å². The topological polar surface area (TPSA) is 145 Å². The van der Waals surface area contributed by atoms with Crippen molar-refractivity contribution in [2.75, 3.05) is 6.61 Å². The van der Waals surface area contributed by atoms with E-state index in [1.165, 1.54) is 31.2 Å². The molecule has 2 N–H and O–H groups in total. The van der Waals surface area contributed by atoms with Crippen molar-refractivity contribution < 1.29 is 28.8 Å². The molecule has 0 bridgehead atoms. The maximum atomic E-state index is 12.1. The fourth-order valence-corrected chi connectivity index (χ4v) is 2.62. The molecule has 0 aliphatic rings. The van der Waals surface area contributed by atoms with Crippen LogP contribution in [0.3, 0.4) is 0 Å². The lowest BCUT2D eigenvalue weighted by Crippen LogP contribution is -2.41. The van der Waals surface area contributed by atoms with Crippen LogP contribution in [0.25, 0.3) is 0 Å². The van der Waals surface area contributed by atoms with Crippen LogP contribution >= 0.6 is 11.6 Å². The molecule has 0 radical (unpaired) electrons. The lowest BCUT2D eigenvalue weighted by atomic mass is 10.1. The van der Waals surface area contributed by atoms with Crippen LogP contribution in [-0.4, -0.2) is 35.1 Å². The van der Waals surface area contributed by atoms with E-state index >= 15 is 0 Å². The highest BCUT2D eigenvalue weighted by molar-refractivity contribution is 6.33. The van der Waals surface area contributed by atoms with Gasteiger partial charge in [0.2, 0.25) is 11.7 Å². The van der Waals surface area contributed by atoms with Gasteiger partial charge < -0.3 is 4.74 Å². The van der Waals surface area contributed by atoms with Crippen LogP contribution in [0.15, 0.2) is 42.5 Å². The summed E-state index contributed by atoms with van der Waals surface area (Å²) in [4.78, 5) is 57.8. The van der Waals surface area contributed by atoms with Gasteiger partial charge in [0.1, 0.15) is 0 Å². The van der Waals surface area contributed by atoms with Crippen molar-refractivity contribution in [1.29, 1.82) is 0 Å². The normalized spacial score (nSPS) is 10.1.